The summed E-state index contributed by atoms with van der Waals surface area (Å²) >= 11 is 0. The second-order valence-electron chi connectivity index (χ2n) is 4.99. The van der Waals surface area contributed by atoms with Crippen LogP contribution in [-0.2, 0) is 20.9 Å². The van der Waals surface area contributed by atoms with Crippen LogP contribution in [0.3, 0.4) is 0 Å². The molecular weight excluding hydrogens is 327 g/mol. The molecule has 0 aliphatic carbocycles. The Morgan fingerprint density at radius 3 is 2.56 bits per heavy atom. The molecule has 0 aliphatic heterocycles. The number of ether oxygens (including phenoxy) is 1. The zero-order valence-electron chi connectivity index (χ0n) is 13.6. The molecule has 0 saturated heterocycles. The van der Waals surface area contributed by atoms with Crippen LogP contribution in [0.2, 0.25) is 0 Å². The largest absolute Gasteiger partial charge is 0.465 e. The third kappa shape index (κ3) is 5.72. The monoisotopic (exact) mass is 344 g/mol. The first-order valence-electron chi connectivity index (χ1n) is 7.44. The summed E-state index contributed by atoms with van der Waals surface area (Å²) in [5.41, 5.74) is 1.52. The van der Waals surface area contributed by atoms with Crippen LogP contribution >= 0.6 is 0 Å². The SMILES string of the molecule is COC(=O)c1ccc(CNC(=O)CO/N=C\c2ccccc2F)cc1. The lowest BCUT2D eigenvalue weighted by atomic mass is 10.1. The van der Waals surface area contributed by atoms with Crippen molar-refractivity contribution in [2.75, 3.05) is 13.7 Å². The predicted molar refractivity (Wildman–Crippen MR) is 89.6 cm³/mol. The number of hydrogen-bond acceptors (Lipinski definition) is 5. The van der Waals surface area contributed by atoms with Gasteiger partial charge >= 0.3 is 5.97 Å². The first-order chi connectivity index (χ1) is 12.1. The fourth-order valence-corrected chi connectivity index (χ4v) is 1.90. The number of oxime groups is 1. The van der Waals surface area contributed by atoms with E-state index in [9.17, 15) is 14.0 Å². The van der Waals surface area contributed by atoms with Gasteiger partial charge in [0.1, 0.15) is 5.82 Å². The molecule has 0 saturated carbocycles. The molecule has 25 heavy (non-hydrogen) atoms. The van der Waals surface area contributed by atoms with Crippen LogP contribution in [0.4, 0.5) is 4.39 Å². The number of halogens is 1. The minimum absolute atomic E-state index is 0.272. The lowest BCUT2D eigenvalue weighted by Gasteiger charge is -2.05. The fourth-order valence-electron chi connectivity index (χ4n) is 1.90. The Labute approximate surface area is 144 Å². The average Bonchev–Trinajstić information content (AvgIpc) is 2.64. The summed E-state index contributed by atoms with van der Waals surface area (Å²) in [4.78, 5) is 27.8. The minimum atomic E-state index is -0.422. The standard InChI is InChI=1S/C18H17FN2O4/c1-24-18(23)14-8-6-13(7-9-14)10-20-17(22)12-25-21-11-15-4-2-3-5-16(15)19/h2-9,11H,10,12H2,1H3,(H,20,22)/b21-11-. The van der Waals surface area contributed by atoms with E-state index >= 15 is 0 Å². The van der Waals surface area contributed by atoms with Crippen molar-refractivity contribution >= 4 is 18.1 Å². The maximum Gasteiger partial charge on any atom is 0.337 e. The van der Waals surface area contributed by atoms with E-state index in [1.807, 2.05) is 0 Å². The summed E-state index contributed by atoms with van der Waals surface area (Å²) in [5, 5.41) is 6.20. The van der Waals surface area contributed by atoms with Gasteiger partial charge in [-0.25, -0.2) is 9.18 Å². The molecule has 2 aromatic rings. The topological polar surface area (TPSA) is 77.0 Å². The van der Waals surface area contributed by atoms with E-state index in [1.54, 1.807) is 42.5 Å². The number of esters is 1. The van der Waals surface area contributed by atoms with E-state index in [-0.39, 0.29) is 24.6 Å². The summed E-state index contributed by atoms with van der Waals surface area (Å²) in [6.45, 7) is -0.00807. The van der Waals surface area contributed by atoms with Gasteiger partial charge in [-0.15, -0.1) is 0 Å². The van der Waals surface area contributed by atoms with E-state index in [0.29, 0.717) is 5.56 Å². The van der Waals surface area contributed by atoms with Crippen molar-refractivity contribution < 1.29 is 23.6 Å². The Kier molecular flexibility index (Phi) is 6.65. The molecule has 0 bridgehead atoms. The van der Waals surface area contributed by atoms with Crippen molar-refractivity contribution in [3.8, 4) is 0 Å². The molecule has 0 fully saturated rings. The fraction of sp³-hybridized carbons (Fsp3) is 0.167. The molecule has 0 aliphatic rings. The van der Waals surface area contributed by atoms with Gasteiger partial charge < -0.3 is 14.9 Å². The van der Waals surface area contributed by atoms with Crippen molar-refractivity contribution in [3.05, 3.63) is 71.0 Å². The summed E-state index contributed by atoms with van der Waals surface area (Å²) in [7, 11) is 1.31. The normalized spacial score (nSPS) is 10.5. The molecule has 0 spiro atoms. The zero-order valence-corrected chi connectivity index (χ0v) is 13.6. The lowest BCUT2D eigenvalue weighted by Crippen LogP contribution is -2.26. The highest BCUT2D eigenvalue weighted by molar-refractivity contribution is 5.89. The van der Waals surface area contributed by atoms with Gasteiger partial charge in [0.2, 0.25) is 0 Å². The molecule has 1 N–H and O–H groups in total. The number of carbonyl (C=O) groups is 2. The molecular formula is C18H17FN2O4. The molecule has 2 aromatic carbocycles. The van der Waals surface area contributed by atoms with Crippen LogP contribution in [0, 0.1) is 5.82 Å². The van der Waals surface area contributed by atoms with E-state index in [4.69, 9.17) is 4.84 Å². The quantitative estimate of drug-likeness (QED) is 0.475. The predicted octanol–water partition coefficient (Wildman–Crippen LogP) is 2.28. The van der Waals surface area contributed by atoms with Crippen LogP contribution in [0.15, 0.2) is 53.7 Å². The van der Waals surface area contributed by atoms with E-state index < -0.39 is 11.8 Å². The molecule has 0 unspecified atom stereocenters. The molecule has 0 aromatic heterocycles. The molecule has 6 nitrogen and oxygen atoms in total. The number of carbonyl (C=O) groups excluding carboxylic acids is 2. The molecule has 0 atom stereocenters. The molecule has 1 amide bonds. The van der Waals surface area contributed by atoms with Crippen LogP contribution in [0.5, 0.6) is 0 Å². The minimum Gasteiger partial charge on any atom is -0.465 e. The smallest absolute Gasteiger partial charge is 0.337 e. The van der Waals surface area contributed by atoms with Crippen molar-refractivity contribution in [1.29, 1.82) is 0 Å². The number of benzene rings is 2. The van der Waals surface area contributed by atoms with Crippen LogP contribution in [-0.4, -0.2) is 31.8 Å². The summed E-state index contributed by atoms with van der Waals surface area (Å²) in [6.07, 6.45) is 1.20. The molecule has 7 heteroatoms. The number of nitrogens with zero attached hydrogens (tertiary/aromatic N) is 1. The Bertz CT molecular complexity index is 760. The van der Waals surface area contributed by atoms with E-state index in [2.05, 4.69) is 15.2 Å². The highest BCUT2D eigenvalue weighted by atomic mass is 19.1. The first-order valence-corrected chi connectivity index (χ1v) is 7.44. The van der Waals surface area contributed by atoms with Crippen molar-refractivity contribution in [2.24, 2.45) is 5.16 Å². The van der Waals surface area contributed by atoms with Crippen molar-refractivity contribution in [2.45, 2.75) is 6.54 Å². The maximum atomic E-state index is 13.3. The second kappa shape index (κ2) is 9.17. The van der Waals surface area contributed by atoms with E-state index in [0.717, 1.165) is 5.56 Å². The van der Waals surface area contributed by atoms with Crippen LogP contribution in [0.1, 0.15) is 21.5 Å². The number of rotatable bonds is 7. The second-order valence-corrected chi connectivity index (χ2v) is 4.99. The Hall–Kier alpha value is -3.22. The van der Waals surface area contributed by atoms with Gasteiger partial charge in [0.05, 0.1) is 18.9 Å². The first kappa shape index (κ1) is 18.1. The summed E-state index contributed by atoms with van der Waals surface area (Å²) < 4.78 is 17.9. The van der Waals surface area contributed by atoms with Crippen molar-refractivity contribution in [1.82, 2.24) is 5.32 Å². The maximum absolute atomic E-state index is 13.3. The highest BCUT2D eigenvalue weighted by Crippen LogP contribution is 2.05. The molecule has 2 rings (SSSR count). The molecule has 0 radical (unpaired) electrons. The van der Waals surface area contributed by atoms with Gasteiger partial charge in [0.15, 0.2) is 6.61 Å². The van der Waals surface area contributed by atoms with Gasteiger partial charge in [0, 0.05) is 12.1 Å². The van der Waals surface area contributed by atoms with Gasteiger partial charge in [-0.1, -0.05) is 35.5 Å². The van der Waals surface area contributed by atoms with Gasteiger partial charge in [-0.2, -0.15) is 0 Å². The van der Waals surface area contributed by atoms with Gasteiger partial charge in [-0.05, 0) is 23.8 Å². The Morgan fingerprint density at radius 1 is 1.16 bits per heavy atom. The average molecular weight is 344 g/mol. The molecule has 130 valence electrons. The summed E-state index contributed by atoms with van der Waals surface area (Å²) in [6, 6.07) is 12.7. The number of amides is 1. The zero-order chi connectivity index (χ0) is 18.1. The van der Waals surface area contributed by atoms with E-state index in [1.165, 1.54) is 19.4 Å². The lowest BCUT2D eigenvalue weighted by molar-refractivity contribution is -0.125. The van der Waals surface area contributed by atoms with Crippen LogP contribution < -0.4 is 5.32 Å². The number of nitrogens with one attached hydrogen (secondary N) is 1. The number of methoxy groups -OCH3 is 1. The summed E-state index contributed by atoms with van der Waals surface area (Å²) in [5.74, 6) is -1.21. The van der Waals surface area contributed by atoms with Crippen LogP contribution in [0.25, 0.3) is 0 Å². The highest BCUT2D eigenvalue weighted by Gasteiger charge is 2.05. The van der Waals surface area contributed by atoms with Crippen molar-refractivity contribution in [3.63, 3.8) is 0 Å². The van der Waals surface area contributed by atoms with Gasteiger partial charge in [0.25, 0.3) is 5.91 Å². The Morgan fingerprint density at radius 2 is 1.88 bits per heavy atom. The Balaban J connectivity index is 1.74. The van der Waals surface area contributed by atoms with Gasteiger partial charge in [-0.3, -0.25) is 4.79 Å². The third-order valence-electron chi connectivity index (χ3n) is 3.23. The number of hydrogen-bond donors (Lipinski definition) is 1. The molecule has 0 heterocycles. The third-order valence-corrected chi connectivity index (χ3v) is 3.23.